The molecule has 0 radical (unpaired) electrons. The summed E-state index contributed by atoms with van der Waals surface area (Å²) in [6.07, 6.45) is 8.98. The third-order valence-electron chi connectivity index (χ3n) is 5.69. The minimum absolute atomic E-state index is 0.0250. The lowest BCUT2D eigenvalue weighted by molar-refractivity contribution is -0.139. The summed E-state index contributed by atoms with van der Waals surface area (Å²) in [5.74, 6) is -1.42. The molecule has 0 spiro atoms. The van der Waals surface area contributed by atoms with Crippen molar-refractivity contribution in [1.29, 1.82) is 0 Å². The van der Waals surface area contributed by atoms with Crippen molar-refractivity contribution in [2.24, 2.45) is 0 Å². The number of hydrogen-bond donors (Lipinski definition) is 0. The summed E-state index contributed by atoms with van der Waals surface area (Å²) in [6.45, 7) is 3.86. The highest BCUT2D eigenvalue weighted by Gasteiger charge is 2.36. The minimum Gasteiger partial charge on any atom is -0.465 e. The number of sulfonamides is 1. The van der Waals surface area contributed by atoms with Crippen LogP contribution in [-0.2, 0) is 29.1 Å². The van der Waals surface area contributed by atoms with Crippen LogP contribution in [0.3, 0.4) is 0 Å². The Morgan fingerprint density at radius 3 is 2.09 bits per heavy atom. The maximum atomic E-state index is 13.3. The van der Waals surface area contributed by atoms with E-state index in [0.717, 1.165) is 19.3 Å². The number of nitrogens with zero attached hydrogens (tertiary/aromatic N) is 2. The van der Waals surface area contributed by atoms with E-state index < -0.39 is 22.0 Å². The predicted octanol–water partition coefficient (Wildman–Crippen LogP) is 3.13. The Hall–Kier alpha value is -2.91. The molecule has 8 nitrogen and oxygen atoms in total. The summed E-state index contributed by atoms with van der Waals surface area (Å²) in [6, 6.07) is 6.08. The minimum atomic E-state index is -3.67. The van der Waals surface area contributed by atoms with Gasteiger partial charge in [0, 0.05) is 24.0 Å². The molecule has 0 aliphatic carbocycles. The first-order valence-corrected chi connectivity index (χ1v) is 11.8. The topological polar surface area (TPSA) is 93.2 Å². The highest BCUT2D eigenvalue weighted by atomic mass is 32.2. The van der Waals surface area contributed by atoms with Crippen LogP contribution in [0.15, 0.2) is 64.9 Å². The SMILES string of the molecule is COC(=O)C1=C(C(=O)OC)N(c2ccc(S(=O)(=O)N3C(C)CCCC3C)cc2)C=CC=C1. The number of hydrogen-bond acceptors (Lipinski definition) is 7. The molecule has 3 rings (SSSR count). The molecule has 2 heterocycles. The molecule has 0 bridgehead atoms. The molecule has 2 unspecified atom stereocenters. The van der Waals surface area contributed by atoms with Crippen LogP contribution in [0.4, 0.5) is 5.69 Å². The van der Waals surface area contributed by atoms with Crippen molar-refractivity contribution in [2.45, 2.75) is 50.1 Å². The summed E-state index contributed by atoms with van der Waals surface area (Å²) in [5, 5.41) is 0. The second-order valence-corrected chi connectivity index (χ2v) is 9.62. The fourth-order valence-corrected chi connectivity index (χ4v) is 6.02. The standard InChI is InChI=1S/C23H28N2O6S/c1-16-8-7-9-17(2)25(16)32(28,29)19-13-11-18(12-14-19)24-15-6-5-10-20(22(26)30-3)21(24)23(27)31-4/h5-6,10-17H,7-9H2,1-4H3. The van der Waals surface area contributed by atoms with Crippen LogP contribution in [-0.4, -0.2) is 51.0 Å². The lowest BCUT2D eigenvalue weighted by Gasteiger charge is -2.37. The van der Waals surface area contributed by atoms with Crippen LogP contribution in [0, 0.1) is 0 Å². The molecular formula is C23H28N2O6S. The van der Waals surface area contributed by atoms with Gasteiger partial charge in [0.15, 0.2) is 0 Å². The van der Waals surface area contributed by atoms with Crippen LogP contribution in [0.1, 0.15) is 33.1 Å². The van der Waals surface area contributed by atoms with E-state index in [-0.39, 0.29) is 28.2 Å². The fourth-order valence-electron chi connectivity index (χ4n) is 4.14. The molecule has 0 amide bonds. The molecule has 1 fully saturated rings. The van der Waals surface area contributed by atoms with E-state index in [9.17, 15) is 18.0 Å². The van der Waals surface area contributed by atoms with Gasteiger partial charge in [0.05, 0.1) is 24.7 Å². The first kappa shape index (κ1) is 23.7. The van der Waals surface area contributed by atoms with Crippen LogP contribution < -0.4 is 4.90 Å². The van der Waals surface area contributed by atoms with E-state index in [0.29, 0.717) is 5.69 Å². The summed E-state index contributed by atoms with van der Waals surface area (Å²) in [5.41, 5.74) is 0.487. The third kappa shape index (κ3) is 4.49. The Morgan fingerprint density at radius 2 is 1.53 bits per heavy atom. The summed E-state index contributed by atoms with van der Waals surface area (Å²) >= 11 is 0. The molecule has 2 atom stereocenters. The number of carbonyl (C=O) groups is 2. The van der Waals surface area contributed by atoms with Crippen molar-refractivity contribution in [3.05, 3.63) is 60.0 Å². The molecule has 1 aromatic rings. The fraction of sp³-hybridized carbons (Fsp3) is 0.391. The first-order valence-electron chi connectivity index (χ1n) is 10.4. The third-order valence-corrected chi connectivity index (χ3v) is 7.83. The molecule has 1 aromatic carbocycles. The zero-order chi connectivity index (χ0) is 23.5. The number of ether oxygens (including phenoxy) is 2. The average Bonchev–Trinajstić information content (AvgIpc) is 3.01. The van der Waals surface area contributed by atoms with Crippen LogP contribution in [0.2, 0.25) is 0 Å². The number of carbonyl (C=O) groups excluding carboxylic acids is 2. The lowest BCUT2D eigenvalue weighted by atomic mass is 10.0. The molecule has 0 N–H and O–H groups in total. The number of rotatable bonds is 5. The van der Waals surface area contributed by atoms with Crippen LogP contribution in [0.5, 0.6) is 0 Å². The van der Waals surface area contributed by atoms with E-state index >= 15 is 0 Å². The number of methoxy groups -OCH3 is 2. The summed E-state index contributed by atoms with van der Waals surface area (Å²) < 4.78 is 37.9. The highest BCUT2D eigenvalue weighted by molar-refractivity contribution is 7.89. The maximum absolute atomic E-state index is 13.3. The number of esters is 2. The largest absolute Gasteiger partial charge is 0.465 e. The average molecular weight is 461 g/mol. The van der Waals surface area contributed by atoms with Crippen LogP contribution >= 0.6 is 0 Å². The van der Waals surface area contributed by atoms with Gasteiger partial charge in [0.1, 0.15) is 5.70 Å². The van der Waals surface area contributed by atoms with E-state index in [1.165, 1.54) is 37.3 Å². The second-order valence-electron chi connectivity index (χ2n) is 7.77. The predicted molar refractivity (Wildman–Crippen MR) is 120 cm³/mol. The Morgan fingerprint density at radius 1 is 0.938 bits per heavy atom. The Labute approximate surface area is 188 Å². The van der Waals surface area contributed by atoms with Gasteiger partial charge in [-0.3, -0.25) is 0 Å². The summed E-state index contributed by atoms with van der Waals surface area (Å²) in [7, 11) is -1.23. The zero-order valence-electron chi connectivity index (χ0n) is 18.6. The zero-order valence-corrected chi connectivity index (χ0v) is 19.5. The van der Waals surface area contributed by atoms with Gasteiger partial charge in [0.2, 0.25) is 10.0 Å². The van der Waals surface area contributed by atoms with Gasteiger partial charge < -0.3 is 14.4 Å². The second kappa shape index (κ2) is 9.70. The van der Waals surface area contributed by atoms with Crippen LogP contribution in [0.25, 0.3) is 0 Å². The van der Waals surface area contributed by atoms with Gasteiger partial charge in [-0.2, -0.15) is 4.31 Å². The van der Waals surface area contributed by atoms with E-state index in [2.05, 4.69) is 0 Å². The van der Waals surface area contributed by atoms with Crippen molar-refractivity contribution in [3.8, 4) is 0 Å². The lowest BCUT2D eigenvalue weighted by Crippen LogP contribution is -2.47. The monoisotopic (exact) mass is 460 g/mol. The first-order chi connectivity index (χ1) is 15.2. The molecule has 0 saturated carbocycles. The van der Waals surface area contributed by atoms with Crippen molar-refractivity contribution in [3.63, 3.8) is 0 Å². The smallest absolute Gasteiger partial charge is 0.355 e. The van der Waals surface area contributed by atoms with E-state index in [1.54, 1.807) is 34.8 Å². The molecule has 2 aliphatic heterocycles. The highest BCUT2D eigenvalue weighted by Crippen LogP contribution is 2.32. The number of benzene rings is 1. The molecular weight excluding hydrogens is 432 g/mol. The molecule has 32 heavy (non-hydrogen) atoms. The Kier molecular flexibility index (Phi) is 7.20. The van der Waals surface area contributed by atoms with Crippen molar-refractivity contribution in [2.75, 3.05) is 19.1 Å². The van der Waals surface area contributed by atoms with E-state index in [4.69, 9.17) is 9.47 Å². The van der Waals surface area contributed by atoms with Crippen molar-refractivity contribution >= 4 is 27.6 Å². The molecule has 2 aliphatic rings. The van der Waals surface area contributed by atoms with Crippen molar-refractivity contribution in [1.82, 2.24) is 4.31 Å². The molecule has 1 saturated heterocycles. The number of allylic oxidation sites excluding steroid dienone is 2. The van der Waals surface area contributed by atoms with Crippen molar-refractivity contribution < 1.29 is 27.5 Å². The van der Waals surface area contributed by atoms with Gasteiger partial charge >= 0.3 is 11.9 Å². The normalized spacial score (nSPS) is 21.9. The molecule has 9 heteroatoms. The van der Waals surface area contributed by atoms with Gasteiger partial charge in [0.25, 0.3) is 0 Å². The Balaban J connectivity index is 2.02. The number of piperidine rings is 1. The maximum Gasteiger partial charge on any atom is 0.355 e. The molecule has 172 valence electrons. The van der Waals surface area contributed by atoms with Gasteiger partial charge in [-0.05, 0) is 63.1 Å². The summed E-state index contributed by atoms with van der Waals surface area (Å²) in [4.78, 5) is 26.5. The number of anilines is 1. The quantitative estimate of drug-likeness (QED) is 0.623. The van der Waals surface area contributed by atoms with Gasteiger partial charge in [-0.1, -0.05) is 12.5 Å². The van der Waals surface area contributed by atoms with Gasteiger partial charge in [-0.25, -0.2) is 18.0 Å². The van der Waals surface area contributed by atoms with E-state index in [1.807, 2.05) is 13.8 Å². The van der Waals surface area contributed by atoms with Gasteiger partial charge in [-0.15, -0.1) is 0 Å². The Bertz CT molecular complexity index is 1060. The molecule has 0 aromatic heterocycles.